The summed E-state index contributed by atoms with van der Waals surface area (Å²) in [6.07, 6.45) is 1.65. The summed E-state index contributed by atoms with van der Waals surface area (Å²) in [7, 11) is 0. The molecular formula is C14H19N5. The summed E-state index contributed by atoms with van der Waals surface area (Å²) < 4.78 is 0. The van der Waals surface area contributed by atoms with Crippen LogP contribution in [0.3, 0.4) is 0 Å². The molecule has 0 spiro atoms. The van der Waals surface area contributed by atoms with Crippen LogP contribution in [0.25, 0.3) is 0 Å². The molecule has 0 aliphatic heterocycles. The lowest BCUT2D eigenvalue weighted by atomic mass is 9.87. The van der Waals surface area contributed by atoms with Crippen molar-refractivity contribution in [2.75, 3.05) is 10.7 Å². The number of nitrogens with zero attached hydrogens (tertiary/aromatic N) is 2. The van der Waals surface area contributed by atoms with Crippen molar-refractivity contribution in [1.29, 1.82) is 0 Å². The minimum absolute atomic E-state index is 0.157. The van der Waals surface area contributed by atoms with Gasteiger partial charge in [-0.2, -0.15) is 4.98 Å². The van der Waals surface area contributed by atoms with Crippen LogP contribution in [0.2, 0.25) is 0 Å². The molecule has 5 heteroatoms. The molecule has 100 valence electrons. The van der Waals surface area contributed by atoms with Crippen LogP contribution in [0.4, 0.5) is 17.5 Å². The summed E-state index contributed by atoms with van der Waals surface area (Å²) in [5, 5.41) is 3.21. The lowest BCUT2D eigenvalue weighted by molar-refractivity contribution is 0.590. The van der Waals surface area contributed by atoms with Crippen LogP contribution in [0.5, 0.6) is 0 Å². The van der Waals surface area contributed by atoms with Crippen molar-refractivity contribution in [2.45, 2.75) is 26.2 Å². The highest BCUT2D eigenvalue weighted by Gasteiger charge is 2.12. The van der Waals surface area contributed by atoms with Gasteiger partial charge in [0.05, 0.1) is 0 Å². The molecule has 0 aliphatic carbocycles. The van der Waals surface area contributed by atoms with Gasteiger partial charge >= 0.3 is 0 Å². The van der Waals surface area contributed by atoms with E-state index in [1.807, 2.05) is 12.1 Å². The fraction of sp³-hybridized carbons (Fsp3) is 0.286. The van der Waals surface area contributed by atoms with Crippen molar-refractivity contribution in [3.63, 3.8) is 0 Å². The van der Waals surface area contributed by atoms with Gasteiger partial charge < -0.3 is 5.32 Å². The molecule has 0 bridgehead atoms. The first-order valence-electron chi connectivity index (χ1n) is 6.16. The number of nitrogens with two attached hydrogens (primary N) is 1. The Morgan fingerprint density at radius 2 is 1.74 bits per heavy atom. The minimum Gasteiger partial charge on any atom is -0.340 e. The van der Waals surface area contributed by atoms with E-state index < -0.39 is 0 Å². The molecule has 0 saturated carbocycles. The van der Waals surface area contributed by atoms with E-state index in [0.717, 1.165) is 5.69 Å². The van der Waals surface area contributed by atoms with Gasteiger partial charge in [0.2, 0.25) is 5.95 Å². The molecule has 0 radical (unpaired) electrons. The third-order valence-corrected chi connectivity index (χ3v) is 2.81. The molecule has 2 rings (SSSR count). The number of aromatic nitrogens is 2. The van der Waals surface area contributed by atoms with Crippen LogP contribution >= 0.6 is 0 Å². The zero-order chi connectivity index (χ0) is 13.9. The van der Waals surface area contributed by atoms with Gasteiger partial charge in [0.1, 0.15) is 5.82 Å². The molecule has 19 heavy (non-hydrogen) atoms. The first-order chi connectivity index (χ1) is 8.99. The summed E-state index contributed by atoms with van der Waals surface area (Å²) in [6.45, 7) is 6.58. The predicted molar refractivity (Wildman–Crippen MR) is 78.3 cm³/mol. The Hall–Kier alpha value is -2.14. The second-order valence-electron chi connectivity index (χ2n) is 5.36. The highest BCUT2D eigenvalue weighted by Crippen LogP contribution is 2.24. The molecule has 0 fully saturated rings. The average Bonchev–Trinajstić information content (AvgIpc) is 2.38. The van der Waals surface area contributed by atoms with E-state index in [2.05, 4.69) is 53.6 Å². The van der Waals surface area contributed by atoms with Crippen molar-refractivity contribution < 1.29 is 0 Å². The third-order valence-electron chi connectivity index (χ3n) is 2.81. The smallest absolute Gasteiger partial charge is 0.239 e. The van der Waals surface area contributed by atoms with Crippen molar-refractivity contribution in [3.05, 3.63) is 42.1 Å². The van der Waals surface area contributed by atoms with E-state index >= 15 is 0 Å². The first kappa shape index (κ1) is 13.3. The summed E-state index contributed by atoms with van der Waals surface area (Å²) in [6, 6.07) is 10.1. The molecule has 2 aromatic rings. The molecular weight excluding hydrogens is 238 g/mol. The second kappa shape index (κ2) is 5.24. The van der Waals surface area contributed by atoms with Crippen molar-refractivity contribution >= 4 is 17.5 Å². The van der Waals surface area contributed by atoms with E-state index in [9.17, 15) is 0 Å². The van der Waals surface area contributed by atoms with Gasteiger partial charge in [0.25, 0.3) is 0 Å². The Morgan fingerprint density at radius 1 is 1.05 bits per heavy atom. The van der Waals surface area contributed by atoms with Crippen LogP contribution in [0, 0.1) is 0 Å². The SMILES string of the molecule is CC(C)(C)c1ccc(Nc2ccnc(NN)n2)cc1. The predicted octanol–water partition coefficient (Wildman–Crippen LogP) is 2.80. The molecule has 0 aliphatic rings. The molecule has 0 saturated heterocycles. The quantitative estimate of drug-likeness (QED) is 0.582. The van der Waals surface area contributed by atoms with Crippen molar-refractivity contribution in [1.82, 2.24) is 9.97 Å². The molecule has 0 amide bonds. The minimum atomic E-state index is 0.157. The lowest BCUT2D eigenvalue weighted by Gasteiger charge is -2.19. The molecule has 0 unspecified atom stereocenters. The average molecular weight is 257 g/mol. The Labute approximate surface area is 113 Å². The van der Waals surface area contributed by atoms with Crippen molar-refractivity contribution in [3.8, 4) is 0 Å². The van der Waals surface area contributed by atoms with E-state index in [4.69, 9.17) is 5.84 Å². The summed E-state index contributed by atoms with van der Waals surface area (Å²) in [5.74, 6) is 6.36. The molecule has 1 aromatic heterocycles. The normalized spacial score (nSPS) is 11.2. The lowest BCUT2D eigenvalue weighted by Crippen LogP contribution is -2.11. The third kappa shape index (κ3) is 3.42. The van der Waals surface area contributed by atoms with E-state index in [0.29, 0.717) is 11.8 Å². The van der Waals surface area contributed by atoms with Crippen LogP contribution < -0.4 is 16.6 Å². The zero-order valence-corrected chi connectivity index (χ0v) is 11.4. The number of rotatable bonds is 3. The fourth-order valence-electron chi connectivity index (χ4n) is 1.70. The Bertz CT molecular complexity index is 543. The fourth-order valence-corrected chi connectivity index (χ4v) is 1.70. The number of hydrogen-bond donors (Lipinski definition) is 3. The maximum absolute atomic E-state index is 5.28. The summed E-state index contributed by atoms with van der Waals surface area (Å²) >= 11 is 0. The van der Waals surface area contributed by atoms with Crippen LogP contribution in [0.1, 0.15) is 26.3 Å². The van der Waals surface area contributed by atoms with E-state index in [-0.39, 0.29) is 5.41 Å². The summed E-state index contributed by atoms with van der Waals surface area (Å²) in [5.41, 5.74) is 4.85. The molecule has 5 nitrogen and oxygen atoms in total. The van der Waals surface area contributed by atoms with Crippen LogP contribution in [0.15, 0.2) is 36.5 Å². The zero-order valence-electron chi connectivity index (χ0n) is 11.4. The number of nitrogen functional groups attached to an aromatic ring is 1. The van der Waals surface area contributed by atoms with Gasteiger partial charge in [-0.15, -0.1) is 0 Å². The van der Waals surface area contributed by atoms with E-state index in [1.165, 1.54) is 5.56 Å². The highest BCUT2D eigenvalue weighted by molar-refractivity contribution is 5.57. The maximum atomic E-state index is 5.28. The molecule has 1 heterocycles. The monoisotopic (exact) mass is 257 g/mol. The number of nitrogens with one attached hydrogen (secondary N) is 2. The Morgan fingerprint density at radius 3 is 2.32 bits per heavy atom. The second-order valence-corrected chi connectivity index (χ2v) is 5.36. The van der Waals surface area contributed by atoms with Gasteiger partial charge in [-0.05, 0) is 29.2 Å². The number of hydrazine groups is 1. The Balaban J connectivity index is 2.15. The standard InChI is InChI=1S/C14H19N5/c1-14(2,3)10-4-6-11(7-5-10)17-12-8-9-16-13(18-12)19-15/h4-9H,15H2,1-3H3,(H2,16,17,18,19). The van der Waals surface area contributed by atoms with Gasteiger partial charge in [-0.1, -0.05) is 32.9 Å². The van der Waals surface area contributed by atoms with Gasteiger partial charge in [-0.25, -0.2) is 10.8 Å². The van der Waals surface area contributed by atoms with E-state index in [1.54, 1.807) is 12.3 Å². The highest BCUT2D eigenvalue weighted by atomic mass is 15.3. The molecule has 0 atom stereocenters. The number of benzene rings is 1. The topological polar surface area (TPSA) is 75.9 Å². The molecule has 1 aromatic carbocycles. The van der Waals surface area contributed by atoms with Gasteiger partial charge in [0.15, 0.2) is 0 Å². The largest absolute Gasteiger partial charge is 0.340 e. The van der Waals surface area contributed by atoms with Gasteiger partial charge in [-0.3, -0.25) is 5.43 Å². The number of anilines is 3. The van der Waals surface area contributed by atoms with Crippen LogP contribution in [-0.2, 0) is 5.41 Å². The maximum Gasteiger partial charge on any atom is 0.239 e. The number of hydrogen-bond acceptors (Lipinski definition) is 5. The van der Waals surface area contributed by atoms with Crippen LogP contribution in [-0.4, -0.2) is 9.97 Å². The summed E-state index contributed by atoms with van der Waals surface area (Å²) in [4.78, 5) is 8.16. The van der Waals surface area contributed by atoms with Crippen molar-refractivity contribution in [2.24, 2.45) is 5.84 Å². The molecule has 4 N–H and O–H groups in total. The first-order valence-corrected chi connectivity index (χ1v) is 6.16. The van der Waals surface area contributed by atoms with Gasteiger partial charge in [0, 0.05) is 11.9 Å². The Kier molecular flexibility index (Phi) is 3.66.